The Labute approximate surface area is 180 Å². The van der Waals surface area contributed by atoms with Gasteiger partial charge in [0.15, 0.2) is 0 Å². The first-order valence-corrected chi connectivity index (χ1v) is 11.0. The van der Waals surface area contributed by atoms with E-state index in [-0.39, 0.29) is 11.9 Å². The van der Waals surface area contributed by atoms with Crippen molar-refractivity contribution in [3.63, 3.8) is 0 Å². The molecule has 1 fully saturated rings. The van der Waals surface area contributed by atoms with E-state index in [0.717, 1.165) is 32.5 Å². The summed E-state index contributed by atoms with van der Waals surface area (Å²) in [7, 11) is 0. The summed E-state index contributed by atoms with van der Waals surface area (Å²) in [6.07, 6.45) is 4.13. The van der Waals surface area contributed by atoms with Crippen molar-refractivity contribution in [3.8, 4) is 0 Å². The summed E-state index contributed by atoms with van der Waals surface area (Å²) in [5.74, 6) is -0.0543. The molecule has 2 aromatic rings. The van der Waals surface area contributed by atoms with Crippen LogP contribution in [0, 0.1) is 12.8 Å². The molecule has 1 aliphatic heterocycles. The van der Waals surface area contributed by atoms with Gasteiger partial charge in [-0.05, 0) is 49.9 Å². The summed E-state index contributed by atoms with van der Waals surface area (Å²) >= 11 is 0. The molecule has 4 nitrogen and oxygen atoms in total. The summed E-state index contributed by atoms with van der Waals surface area (Å²) in [5.41, 5.74) is 4.84. The van der Waals surface area contributed by atoms with Gasteiger partial charge in [-0.3, -0.25) is 4.79 Å². The maximum Gasteiger partial charge on any atom is 0.310 e. The van der Waals surface area contributed by atoms with E-state index in [4.69, 9.17) is 9.47 Å². The number of ether oxygens (including phenoxy) is 2. The fraction of sp³-hybridized carbons (Fsp3) is 0.423. The van der Waals surface area contributed by atoms with Crippen LogP contribution in [0.25, 0.3) is 5.57 Å². The molecule has 0 saturated carbocycles. The molecule has 0 amide bonds. The third kappa shape index (κ3) is 6.54. The highest BCUT2D eigenvalue weighted by Crippen LogP contribution is 2.24. The zero-order chi connectivity index (χ0) is 21.2. The largest absolute Gasteiger partial charge is 0.466 e. The Morgan fingerprint density at radius 1 is 1.13 bits per heavy atom. The molecule has 1 heterocycles. The van der Waals surface area contributed by atoms with Crippen LogP contribution in [0.15, 0.2) is 60.7 Å². The summed E-state index contributed by atoms with van der Waals surface area (Å²) in [4.78, 5) is 14.3. The molecule has 0 aliphatic carbocycles. The van der Waals surface area contributed by atoms with Crippen molar-refractivity contribution in [3.05, 3.63) is 77.4 Å². The summed E-state index contributed by atoms with van der Waals surface area (Å²) in [5, 5.41) is 0. The monoisotopic (exact) mass is 407 g/mol. The summed E-state index contributed by atoms with van der Waals surface area (Å²) in [6, 6.07) is 19.0. The minimum absolute atomic E-state index is 0.00426. The highest BCUT2D eigenvalue weighted by atomic mass is 16.5. The Morgan fingerprint density at radius 3 is 2.70 bits per heavy atom. The van der Waals surface area contributed by atoms with E-state index in [0.29, 0.717) is 19.8 Å². The molecule has 30 heavy (non-hydrogen) atoms. The number of carbonyl (C=O) groups excluding carboxylic acids is 1. The van der Waals surface area contributed by atoms with E-state index in [2.05, 4.69) is 66.4 Å². The minimum Gasteiger partial charge on any atom is -0.466 e. The summed E-state index contributed by atoms with van der Waals surface area (Å²) in [6.45, 7) is 8.29. The molecule has 0 spiro atoms. The number of aryl methyl sites for hydroxylation is 1. The van der Waals surface area contributed by atoms with E-state index in [1.54, 1.807) is 0 Å². The number of piperidine rings is 1. The van der Waals surface area contributed by atoms with Crippen molar-refractivity contribution in [1.82, 2.24) is 4.90 Å². The van der Waals surface area contributed by atoms with Gasteiger partial charge in [-0.25, -0.2) is 0 Å². The number of hydrogen-bond acceptors (Lipinski definition) is 4. The third-order valence-electron chi connectivity index (χ3n) is 5.50. The van der Waals surface area contributed by atoms with Crippen LogP contribution in [0.3, 0.4) is 0 Å². The molecular formula is C26H33NO3. The van der Waals surface area contributed by atoms with Gasteiger partial charge in [0.2, 0.25) is 0 Å². The van der Waals surface area contributed by atoms with Crippen molar-refractivity contribution in [1.29, 1.82) is 0 Å². The molecule has 1 unspecified atom stereocenters. The second-order valence-electron chi connectivity index (χ2n) is 7.82. The van der Waals surface area contributed by atoms with Crippen LogP contribution in [0.4, 0.5) is 0 Å². The molecule has 1 saturated heterocycles. The van der Waals surface area contributed by atoms with Crippen molar-refractivity contribution in [2.24, 2.45) is 5.92 Å². The normalized spacial score (nSPS) is 17.7. The standard InChI is InChI=1S/C26H33NO3/c1-3-30-26(28)24-13-8-15-27(20-24)16-18-29-17-14-25(22-10-5-4-6-11-22)23-12-7-9-21(2)19-23/h4-7,9-12,14,19,24H,3,8,13,15-18,20H2,1-2H3/b25-14-. The molecule has 1 aliphatic rings. The lowest BCUT2D eigenvalue weighted by atomic mass is 9.96. The lowest BCUT2D eigenvalue weighted by molar-refractivity contribution is -0.150. The number of carbonyl (C=O) groups is 1. The van der Waals surface area contributed by atoms with Gasteiger partial charge in [0, 0.05) is 13.1 Å². The molecule has 160 valence electrons. The van der Waals surface area contributed by atoms with Gasteiger partial charge < -0.3 is 14.4 Å². The van der Waals surface area contributed by atoms with Crippen molar-refractivity contribution < 1.29 is 14.3 Å². The quantitative estimate of drug-likeness (QED) is 0.445. The van der Waals surface area contributed by atoms with E-state index in [1.807, 2.05) is 13.0 Å². The molecule has 1 atom stereocenters. The maximum absolute atomic E-state index is 12.0. The predicted molar refractivity (Wildman–Crippen MR) is 121 cm³/mol. The number of benzene rings is 2. The zero-order valence-electron chi connectivity index (χ0n) is 18.2. The molecule has 0 aromatic heterocycles. The van der Waals surface area contributed by atoms with Crippen LogP contribution in [-0.2, 0) is 14.3 Å². The van der Waals surface area contributed by atoms with Crippen LogP contribution in [-0.4, -0.2) is 50.3 Å². The van der Waals surface area contributed by atoms with Gasteiger partial charge in [-0.1, -0.05) is 66.2 Å². The van der Waals surface area contributed by atoms with Gasteiger partial charge in [-0.15, -0.1) is 0 Å². The first-order valence-electron chi connectivity index (χ1n) is 11.0. The Balaban J connectivity index is 1.54. The highest BCUT2D eigenvalue weighted by Gasteiger charge is 2.26. The SMILES string of the molecule is CCOC(=O)C1CCCN(CCOC/C=C(/c2ccccc2)c2cccc(C)c2)C1. The molecule has 3 rings (SSSR count). The number of likely N-dealkylation sites (tertiary alicyclic amines) is 1. The molecule has 0 radical (unpaired) electrons. The van der Waals surface area contributed by atoms with Crippen LogP contribution in [0.2, 0.25) is 0 Å². The van der Waals surface area contributed by atoms with E-state index in [1.165, 1.54) is 22.3 Å². The lowest BCUT2D eigenvalue weighted by Gasteiger charge is -2.31. The van der Waals surface area contributed by atoms with Crippen LogP contribution in [0.5, 0.6) is 0 Å². The van der Waals surface area contributed by atoms with Gasteiger partial charge in [-0.2, -0.15) is 0 Å². The summed E-state index contributed by atoms with van der Waals surface area (Å²) < 4.78 is 11.1. The Morgan fingerprint density at radius 2 is 1.93 bits per heavy atom. The first-order chi connectivity index (χ1) is 14.7. The zero-order valence-corrected chi connectivity index (χ0v) is 18.2. The molecule has 0 N–H and O–H groups in total. The average molecular weight is 408 g/mol. The second kappa shape index (κ2) is 11.7. The van der Waals surface area contributed by atoms with Gasteiger partial charge in [0.25, 0.3) is 0 Å². The molecule has 0 bridgehead atoms. The smallest absolute Gasteiger partial charge is 0.310 e. The molecule has 2 aromatic carbocycles. The Bertz CT molecular complexity index is 831. The van der Waals surface area contributed by atoms with Crippen LogP contribution >= 0.6 is 0 Å². The van der Waals surface area contributed by atoms with Crippen LogP contribution in [0.1, 0.15) is 36.5 Å². The number of esters is 1. The topological polar surface area (TPSA) is 38.8 Å². The number of rotatable bonds is 9. The predicted octanol–water partition coefficient (Wildman–Crippen LogP) is 4.72. The van der Waals surface area contributed by atoms with E-state index >= 15 is 0 Å². The Kier molecular flexibility index (Phi) is 8.66. The van der Waals surface area contributed by atoms with Crippen molar-refractivity contribution in [2.75, 3.05) is 39.5 Å². The number of hydrogen-bond donors (Lipinski definition) is 0. The van der Waals surface area contributed by atoms with Gasteiger partial charge in [0.05, 0.1) is 25.7 Å². The fourth-order valence-corrected chi connectivity index (χ4v) is 3.96. The maximum atomic E-state index is 12.0. The average Bonchev–Trinajstić information content (AvgIpc) is 2.77. The van der Waals surface area contributed by atoms with Crippen molar-refractivity contribution in [2.45, 2.75) is 26.7 Å². The van der Waals surface area contributed by atoms with Gasteiger partial charge >= 0.3 is 5.97 Å². The Hall–Kier alpha value is -2.43. The molecule has 4 heteroatoms. The highest BCUT2D eigenvalue weighted by molar-refractivity contribution is 5.80. The second-order valence-corrected chi connectivity index (χ2v) is 7.82. The molecular weight excluding hydrogens is 374 g/mol. The lowest BCUT2D eigenvalue weighted by Crippen LogP contribution is -2.40. The van der Waals surface area contributed by atoms with Crippen LogP contribution < -0.4 is 0 Å². The van der Waals surface area contributed by atoms with E-state index in [9.17, 15) is 4.79 Å². The van der Waals surface area contributed by atoms with Crippen molar-refractivity contribution >= 4 is 11.5 Å². The first kappa shape index (κ1) is 22.3. The van der Waals surface area contributed by atoms with E-state index < -0.39 is 0 Å². The fourth-order valence-electron chi connectivity index (χ4n) is 3.96. The minimum atomic E-state index is -0.0586. The third-order valence-corrected chi connectivity index (χ3v) is 5.50. The van der Waals surface area contributed by atoms with Gasteiger partial charge in [0.1, 0.15) is 0 Å². The number of nitrogens with zero attached hydrogens (tertiary/aromatic N) is 1.